The van der Waals surface area contributed by atoms with E-state index in [0.29, 0.717) is 36.0 Å². The summed E-state index contributed by atoms with van der Waals surface area (Å²) < 4.78 is 20.2. The first-order valence-corrected chi connectivity index (χ1v) is 23.2. The number of aromatic nitrogens is 1. The van der Waals surface area contributed by atoms with Crippen molar-refractivity contribution in [3.63, 3.8) is 0 Å². The normalized spacial score (nSPS) is 21.5. The van der Waals surface area contributed by atoms with E-state index < -0.39 is 32.1 Å². The number of hydrogen-bond acceptors (Lipinski definition) is 7. The van der Waals surface area contributed by atoms with Gasteiger partial charge in [0.1, 0.15) is 23.4 Å². The third-order valence-electron chi connectivity index (χ3n) is 12.0. The maximum Gasteiger partial charge on any atom is 0.408 e. The van der Waals surface area contributed by atoms with Crippen molar-refractivity contribution in [2.45, 2.75) is 143 Å². The van der Waals surface area contributed by atoms with Crippen LogP contribution in [-0.2, 0) is 31.9 Å². The SMILES string of the molecule is CC(C)[Si](Oc1cc2cc(c1)-c1ccc3[nH]c(I)c(c3c1)CC(C)(C)COC(=O)C1NN(CCC13CC3)C(=O)[C@@H](NC(=O)OC(C)(C)C)C2)(C(C)C)C(C)C. The number of cyclic esters (lactones) is 1. The van der Waals surface area contributed by atoms with Crippen LogP contribution in [0, 0.1) is 14.5 Å². The zero-order valence-electron chi connectivity index (χ0n) is 34.6. The Morgan fingerprint density at radius 3 is 2.27 bits per heavy atom. The second-order valence-electron chi connectivity index (χ2n) is 19.0. The van der Waals surface area contributed by atoms with Gasteiger partial charge in [0.05, 0.1) is 10.3 Å². The van der Waals surface area contributed by atoms with Crippen molar-refractivity contribution in [2.75, 3.05) is 13.2 Å². The molecule has 1 saturated heterocycles. The minimum Gasteiger partial charge on any atom is -0.543 e. The first-order chi connectivity index (χ1) is 25.6. The number of carbonyl (C=O) groups is 3. The number of esters is 1. The van der Waals surface area contributed by atoms with Crippen molar-refractivity contribution in [1.82, 2.24) is 20.7 Å². The number of H-pyrrole nitrogens is 1. The van der Waals surface area contributed by atoms with Gasteiger partial charge in [-0.25, -0.2) is 10.2 Å². The van der Waals surface area contributed by atoms with Crippen molar-refractivity contribution in [2.24, 2.45) is 10.8 Å². The zero-order chi connectivity index (χ0) is 40.2. The van der Waals surface area contributed by atoms with E-state index in [1.165, 1.54) is 10.6 Å². The van der Waals surface area contributed by atoms with Gasteiger partial charge in [-0.3, -0.25) is 14.6 Å². The third kappa shape index (κ3) is 8.75. The lowest BCUT2D eigenvalue weighted by molar-refractivity contribution is -0.158. The molecule has 300 valence electrons. The quantitative estimate of drug-likeness (QED) is 0.128. The van der Waals surface area contributed by atoms with Crippen molar-refractivity contribution >= 4 is 59.8 Å². The van der Waals surface area contributed by atoms with E-state index >= 15 is 0 Å². The van der Waals surface area contributed by atoms with Gasteiger partial charge in [0, 0.05) is 29.3 Å². The van der Waals surface area contributed by atoms with Crippen LogP contribution in [0.15, 0.2) is 36.4 Å². The standard InChI is InChI=1S/C43H61IN4O6Si/c1-25(2)55(26(3)4,27(5)6)54-31-19-28-18-30(21-31)29-12-13-34-32(22-29)33(37(44)45-34)23-42(10,11)24-52-39(50)36-43(14-15-43)16-17-48(47-36)38(49)35(20-28)46-40(51)53-41(7,8)9/h12-13,18-19,21-22,25-27,35-36,45,47H,14-17,20,23-24H2,1-11H3,(H,46,51)/t35-,36?/m0/s1. The fourth-order valence-corrected chi connectivity index (χ4v) is 15.1. The van der Waals surface area contributed by atoms with Crippen molar-refractivity contribution in [3.05, 3.63) is 51.2 Å². The lowest BCUT2D eigenvalue weighted by atomic mass is 9.86. The van der Waals surface area contributed by atoms with Crippen LogP contribution in [0.25, 0.3) is 22.0 Å². The number of halogens is 1. The lowest BCUT2D eigenvalue weighted by Gasteiger charge is -2.42. The molecule has 2 atom stereocenters. The number of alkyl carbamates (subject to hydrolysis) is 1. The van der Waals surface area contributed by atoms with Gasteiger partial charge in [-0.15, -0.1) is 0 Å². The Morgan fingerprint density at radius 1 is 0.982 bits per heavy atom. The summed E-state index contributed by atoms with van der Waals surface area (Å²) in [5.74, 6) is 0.0869. The number of nitrogens with zero attached hydrogens (tertiary/aromatic N) is 1. The summed E-state index contributed by atoms with van der Waals surface area (Å²) in [6.07, 6.45) is 2.66. The molecule has 10 nitrogen and oxygen atoms in total. The molecule has 3 aliphatic rings. The Morgan fingerprint density at radius 2 is 1.65 bits per heavy atom. The number of amides is 2. The molecule has 2 amide bonds. The Balaban J connectivity index is 1.52. The van der Waals surface area contributed by atoms with Gasteiger partial charge in [-0.1, -0.05) is 67.5 Å². The Bertz CT molecular complexity index is 1920. The molecule has 6 rings (SSSR count). The van der Waals surface area contributed by atoms with Crippen LogP contribution < -0.4 is 15.2 Å². The molecule has 1 saturated carbocycles. The Labute approximate surface area is 341 Å². The van der Waals surface area contributed by atoms with Crippen LogP contribution in [0.1, 0.15) is 107 Å². The van der Waals surface area contributed by atoms with E-state index in [1.807, 2.05) is 6.07 Å². The molecular weight excluding hydrogens is 823 g/mol. The maximum atomic E-state index is 14.6. The number of aromatic amines is 1. The fourth-order valence-electron chi connectivity index (χ4n) is 9.09. The minimum absolute atomic E-state index is 0.185. The Kier molecular flexibility index (Phi) is 11.6. The van der Waals surface area contributed by atoms with Crippen molar-refractivity contribution in [1.29, 1.82) is 0 Å². The fraction of sp³-hybridized carbons (Fsp3) is 0.605. The highest BCUT2D eigenvalue weighted by molar-refractivity contribution is 14.1. The molecular formula is C43H61IN4O6Si. The first-order valence-electron chi connectivity index (χ1n) is 20.0. The molecule has 0 radical (unpaired) electrons. The molecule has 3 heterocycles. The number of nitrogens with one attached hydrogen (secondary N) is 3. The summed E-state index contributed by atoms with van der Waals surface area (Å²) in [6, 6.07) is 11.1. The van der Waals surface area contributed by atoms with Crippen molar-refractivity contribution in [3.8, 4) is 16.9 Å². The molecule has 1 aliphatic carbocycles. The van der Waals surface area contributed by atoms with Gasteiger partial charge in [0.15, 0.2) is 0 Å². The summed E-state index contributed by atoms with van der Waals surface area (Å²) >= 11 is 2.38. The molecule has 1 aromatic heterocycles. The van der Waals surface area contributed by atoms with Gasteiger partial charge in [0.2, 0.25) is 0 Å². The zero-order valence-corrected chi connectivity index (χ0v) is 37.7. The summed E-state index contributed by atoms with van der Waals surface area (Å²) in [7, 11) is -2.38. The minimum atomic E-state index is -2.38. The lowest BCUT2D eigenvalue weighted by Crippen LogP contribution is -2.63. The number of rotatable bonds is 6. The van der Waals surface area contributed by atoms with E-state index in [2.05, 4.69) is 124 Å². The van der Waals surface area contributed by atoms with Crippen molar-refractivity contribution < 1.29 is 28.3 Å². The highest BCUT2D eigenvalue weighted by Crippen LogP contribution is 2.54. The number of ether oxygens (including phenoxy) is 2. The predicted molar refractivity (Wildman–Crippen MR) is 228 cm³/mol. The second-order valence-corrected chi connectivity index (χ2v) is 25.4. The molecule has 2 fully saturated rings. The third-order valence-corrected chi connectivity index (χ3v) is 18.9. The first kappa shape index (κ1) is 41.5. The molecule has 2 aromatic carbocycles. The van der Waals surface area contributed by atoms with Crippen LogP contribution in [0.5, 0.6) is 5.75 Å². The summed E-state index contributed by atoms with van der Waals surface area (Å²) in [6.45, 7) is 23.9. The second kappa shape index (κ2) is 15.3. The number of hydrazine groups is 1. The van der Waals surface area contributed by atoms with E-state index in [9.17, 15) is 14.4 Å². The van der Waals surface area contributed by atoms with Gasteiger partial charge < -0.3 is 24.2 Å². The Hall–Kier alpha value is -3.10. The number of hydrogen-bond donors (Lipinski definition) is 3. The maximum absolute atomic E-state index is 14.6. The van der Waals surface area contributed by atoms with Crippen LogP contribution in [0.4, 0.5) is 4.79 Å². The molecule has 1 spiro atoms. The summed E-state index contributed by atoms with van der Waals surface area (Å²) in [5.41, 5.74) is 8.04. The molecule has 3 aromatic rings. The molecule has 3 N–H and O–H groups in total. The monoisotopic (exact) mass is 884 g/mol. The van der Waals surface area contributed by atoms with Crippen LogP contribution in [-0.4, -0.2) is 67.1 Å². The summed E-state index contributed by atoms with van der Waals surface area (Å²) in [4.78, 5) is 45.5. The van der Waals surface area contributed by atoms with E-state index in [-0.39, 0.29) is 35.7 Å². The molecule has 6 bridgehead atoms. The summed E-state index contributed by atoms with van der Waals surface area (Å²) in [5, 5.41) is 5.55. The van der Waals surface area contributed by atoms with E-state index in [4.69, 9.17) is 13.9 Å². The molecule has 1 unspecified atom stereocenters. The van der Waals surface area contributed by atoms with Gasteiger partial charge in [0.25, 0.3) is 14.2 Å². The molecule has 2 aliphatic heterocycles. The highest BCUT2D eigenvalue weighted by Gasteiger charge is 2.56. The van der Waals surface area contributed by atoms with Crippen LogP contribution in [0.2, 0.25) is 16.6 Å². The van der Waals surface area contributed by atoms with Crippen LogP contribution >= 0.6 is 22.6 Å². The van der Waals surface area contributed by atoms with Crippen LogP contribution in [0.3, 0.4) is 0 Å². The highest BCUT2D eigenvalue weighted by atomic mass is 127. The number of benzene rings is 2. The number of fused-ring (bicyclic) bond motifs is 7. The predicted octanol–water partition coefficient (Wildman–Crippen LogP) is 9.44. The molecule has 12 heteroatoms. The van der Waals surface area contributed by atoms with E-state index in [1.54, 1.807) is 20.8 Å². The number of carbonyl (C=O) groups excluding carboxylic acids is 3. The molecule has 55 heavy (non-hydrogen) atoms. The largest absolute Gasteiger partial charge is 0.543 e. The smallest absolute Gasteiger partial charge is 0.408 e. The average Bonchev–Trinajstić information content (AvgIpc) is 3.79. The van der Waals surface area contributed by atoms with E-state index in [0.717, 1.165) is 49.9 Å². The average molecular weight is 885 g/mol. The van der Waals surface area contributed by atoms with Gasteiger partial charge >= 0.3 is 12.1 Å². The van der Waals surface area contributed by atoms with Gasteiger partial charge in [-0.2, -0.15) is 0 Å². The van der Waals surface area contributed by atoms with Gasteiger partial charge in [-0.05, 0) is 138 Å². The topological polar surface area (TPSA) is 122 Å².